The van der Waals surface area contributed by atoms with Gasteiger partial charge in [0.05, 0.1) is 22.9 Å². The average molecular weight is 516 g/mol. The minimum absolute atomic E-state index is 0.240. The zero-order valence-electron chi connectivity index (χ0n) is 19.5. The minimum atomic E-state index is -4.71. The summed E-state index contributed by atoms with van der Waals surface area (Å²) in [5.74, 6) is -0.778. The maximum atomic E-state index is 13.4. The van der Waals surface area contributed by atoms with Crippen molar-refractivity contribution < 1.29 is 27.5 Å². The fourth-order valence-corrected chi connectivity index (χ4v) is 5.53. The van der Waals surface area contributed by atoms with Crippen LogP contribution in [0, 0.1) is 0 Å². The van der Waals surface area contributed by atoms with E-state index in [1.54, 1.807) is 18.2 Å². The molecule has 1 fully saturated rings. The van der Waals surface area contributed by atoms with Crippen molar-refractivity contribution in [2.24, 2.45) is 0 Å². The van der Waals surface area contributed by atoms with E-state index in [4.69, 9.17) is 0 Å². The molecule has 0 spiro atoms. The summed E-state index contributed by atoms with van der Waals surface area (Å²) in [6.07, 6.45) is -4.71. The number of benzene rings is 2. The van der Waals surface area contributed by atoms with Crippen LogP contribution >= 0.6 is 11.3 Å². The average Bonchev–Trinajstić information content (AvgIpc) is 3.47. The topological polar surface area (TPSA) is 53.1 Å². The Labute approximate surface area is 210 Å². The van der Waals surface area contributed by atoms with E-state index in [2.05, 4.69) is 14.5 Å². The number of ether oxygens (including phenoxy) is 1. The van der Waals surface area contributed by atoms with E-state index in [0.717, 1.165) is 16.1 Å². The summed E-state index contributed by atoms with van der Waals surface area (Å²) in [6.45, 7) is 5.20. The highest BCUT2D eigenvalue weighted by molar-refractivity contribution is 7.10. The summed E-state index contributed by atoms with van der Waals surface area (Å²) in [5, 5.41) is 1.93. The van der Waals surface area contributed by atoms with Gasteiger partial charge in [-0.1, -0.05) is 24.3 Å². The molecule has 36 heavy (non-hydrogen) atoms. The summed E-state index contributed by atoms with van der Waals surface area (Å²) in [7, 11) is 0. The van der Waals surface area contributed by atoms with Crippen LogP contribution in [0.3, 0.4) is 0 Å². The third-order valence-electron chi connectivity index (χ3n) is 6.54. The number of imide groups is 1. The second kappa shape index (κ2) is 9.59. The van der Waals surface area contributed by atoms with Crippen LogP contribution in [0.5, 0.6) is 5.75 Å². The molecule has 0 bridgehead atoms. The fourth-order valence-electron chi connectivity index (χ4n) is 4.76. The van der Waals surface area contributed by atoms with E-state index in [1.807, 2.05) is 36.6 Å². The van der Waals surface area contributed by atoms with Crippen molar-refractivity contribution in [1.82, 2.24) is 9.80 Å². The van der Waals surface area contributed by atoms with Gasteiger partial charge in [-0.25, -0.2) is 0 Å². The molecule has 2 aromatic carbocycles. The number of carbonyl (C=O) groups is 2. The van der Waals surface area contributed by atoms with Crippen LogP contribution < -0.4 is 9.64 Å². The number of alkyl halides is 3. The first-order chi connectivity index (χ1) is 17.2. The molecule has 3 heterocycles. The predicted molar refractivity (Wildman–Crippen MR) is 130 cm³/mol. The predicted octanol–water partition coefficient (Wildman–Crippen LogP) is 5.33. The third kappa shape index (κ3) is 4.83. The number of amides is 2. The number of halogens is 3. The summed E-state index contributed by atoms with van der Waals surface area (Å²) in [6, 6.07) is 14.8. The van der Waals surface area contributed by atoms with E-state index >= 15 is 0 Å². The van der Waals surface area contributed by atoms with E-state index in [1.165, 1.54) is 28.4 Å². The highest BCUT2D eigenvalue weighted by Crippen LogP contribution is 2.37. The van der Waals surface area contributed by atoms with Crippen LogP contribution in [0.15, 0.2) is 60.0 Å². The van der Waals surface area contributed by atoms with Gasteiger partial charge in [0, 0.05) is 37.6 Å². The van der Waals surface area contributed by atoms with E-state index in [-0.39, 0.29) is 23.6 Å². The van der Waals surface area contributed by atoms with Crippen molar-refractivity contribution in [2.45, 2.75) is 25.9 Å². The lowest BCUT2D eigenvalue weighted by Crippen LogP contribution is -2.46. The Balaban J connectivity index is 1.25. The van der Waals surface area contributed by atoms with Gasteiger partial charge >= 0.3 is 6.36 Å². The van der Waals surface area contributed by atoms with Crippen LogP contribution in [0.1, 0.15) is 44.1 Å². The number of hydrogen-bond acceptors (Lipinski definition) is 6. The number of hydrogen-bond donors (Lipinski definition) is 0. The molecule has 1 saturated heterocycles. The highest BCUT2D eigenvalue weighted by atomic mass is 32.1. The van der Waals surface area contributed by atoms with E-state index in [0.29, 0.717) is 43.9 Å². The quantitative estimate of drug-likeness (QED) is 0.416. The molecule has 3 aromatic rings. The Morgan fingerprint density at radius 2 is 1.67 bits per heavy atom. The van der Waals surface area contributed by atoms with Crippen LogP contribution in [0.4, 0.5) is 18.9 Å². The molecule has 0 unspecified atom stereocenters. The lowest BCUT2D eigenvalue weighted by atomic mass is 10.1. The Bertz CT molecular complexity index is 1250. The van der Waals surface area contributed by atoms with E-state index in [9.17, 15) is 22.8 Å². The number of piperazine rings is 1. The molecule has 1 aromatic heterocycles. The molecule has 0 saturated carbocycles. The van der Waals surface area contributed by atoms with Crippen molar-refractivity contribution in [3.05, 3.63) is 81.5 Å². The van der Waals surface area contributed by atoms with Gasteiger partial charge < -0.3 is 9.64 Å². The first kappa shape index (κ1) is 24.3. The number of nitrogens with zero attached hydrogens (tertiary/aromatic N) is 3. The SMILES string of the molecule is C[C@H](c1cccs1)N1C(=O)c2cccc(N3CCN(Cc4ccc(OC(F)(F)F)cc4)CC3)c2C1=O. The molecule has 2 aliphatic rings. The molecule has 5 rings (SSSR count). The third-order valence-corrected chi connectivity index (χ3v) is 7.59. The molecule has 10 heteroatoms. The van der Waals surface area contributed by atoms with Crippen molar-refractivity contribution in [1.29, 1.82) is 0 Å². The molecule has 2 aliphatic heterocycles. The number of thiophene rings is 1. The number of carbonyl (C=O) groups excluding carboxylic acids is 2. The van der Waals surface area contributed by atoms with Gasteiger partial charge in [-0.3, -0.25) is 19.4 Å². The maximum absolute atomic E-state index is 13.4. The van der Waals surface area contributed by atoms with Gasteiger partial charge in [-0.2, -0.15) is 0 Å². The summed E-state index contributed by atoms with van der Waals surface area (Å²) < 4.78 is 41.0. The van der Waals surface area contributed by atoms with Crippen LogP contribution in [-0.2, 0) is 6.54 Å². The molecule has 6 nitrogen and oxygen atoms in total. The number of fused-ring (bicyclic) bond motifs is 1. The first-order valence-corrected chi connectivity index (χ1v) is 12.5. The zero-order valence-corrected chi connectivity index (χ0v) is 20.3. The first-order valence-electron chi connectivity index (χ1n) is 11.6. The molecule has 1 atom stereocenters. The largest absolute Gasteiger partial charge is 0.573 e. The maximum Gasteiger partial charge on any atom is 0.573 e. The number of rotatable bonds is 6. The Morgan fingerprint density at radius 1 is 0.944 bits per heavy atom. The zero-order chi connectivity index (χ0) is 25.4. The Hall–Kier alpha value is -3.37. The van der Waals surface area contributed by atoms with Crippen molar-refractivity contribution in [2.75, 3.05) is 31.1 Å². The van der Waals surface area contributed by atoms with Crippen LogP contribution in [0.25, 0.3) is 0 Å². The van der Waals surface area contributed by atoms with Gasteiger partial charge in [0.15, 0.2) is 0 Å². The normalized spacial score (nSPS) is 17.4. The van der Waals surface area contributed by atoms with Crippen LogP contribution in [-0.4, -0.2) is 54.2 Å². The second-order valence-corrected chi connectivity index (χ2v) is 9.81. The Kier molecular flexibility index (Phi) is 6.48. The lowest BCUT2D eigenvalue weighted by Gasteiger charge is -2.36. The van der Waals surface area contributed by atoms with Crippen molar-refractivity contribution in [3.8, 4) is 5.75 Å². The van der Waals surface area contributed by atoms with E-state index < -0.39 is 6.36 Å². The van der Waals surface area contributed by atoms with Gasteiger partial charge in [-0.15, -0.1) is 24.5 Å². The molecule has 0 radical (unpaired) electrons. The molecule has 188 valence electrons. The van der Waals surface area contributed by atoms with Crippen LogP contribution in [0.2, 0.25) is 0 Å². The molecule has 0 N–H and O–H groups in total. The number of anilines is 1. The smallest absolute Gasteiger partial charge is 0.406 e. The standard InChI is InChI=1S/C26H24F3N3O3S/c1-17(22-6-3-15-36-22)32-24(33)20-4-2-5-21(23(20)25(32)34)31-13-11-30(12-14-31)16-18-7-9-19(10-8-18)35-26(27,28)29/h2-10,15,17H,11-14,16H2,1H3/t17-/m1/s1. The summed E-state index contributed by atoms with van der Waals surface area (Å²) in [5.41, 5.74) is 2.54. The molecule has 0 aliphatic carbocycles. The van der Waals surface area contributed by atoms with Crippen molar-refractivity contribution in [3.63, 3.8) is 0 Å². The second-order valence-electron chi connectivity index (χ2n) is 8.83. The lowest BCUT2D eigenvalue weighted by molar-refractivity contribution is -0.274. The molecular weight excluding hydrogens is 491 g/mol. The van der Waals surface area contributed by atoms with Crippen molar-refractivity contribution >= 4 is 28.8 Å². The summed E-state index contributed by atoms with van der Waals surface area (Å²) in [4.78, 5) is 33.2. The Morgan fingerprint density at radius 3 is 2.31 bits per heavy atom. The van der Waals surface area contributed by atoms with Gasteiger partial charge in [0.2, 0.25) is 0 Å². The highest BCUT2D eigenvalue weighted by Gasteiger charge is 2.41. The molecule has 2 amide bonds. The van der Waals surface area contributed by atoms with Gasteiger partial charge in [0.25, 0.3) is 11.8 Å². The van der Waals surface area contributed by atoms with Gasteiger partial charge in [-0.05, 0) is 48.2 Å². The minimum Gasteiger partial charge on any atom is -0.406 e. The van der Waals surface area contributed by atoms with Gasteiger partial charge in [0.1, 0.15) is 5.75 Å². The molecular formula is C26H24F3N3O3S. The summed E-state index contributed by atoms with van der Waals surface area (Å²) >= 11 is 1.52. The monoisotopic (exact) mass is 515 g/mol. The fraction of sp³-hybridized carbons (Fsp3) is 0.308.